The molecule has 0 bridgehead atoms. The largest absolute Gasteiger partial charge is 0.497 e. The number of ether oxygens (including phenoxy) is 1. The molecule has 1 aliphatic heterocycles. The normalized spacial score (nSPS) is 18.6. The van der Waals surface area contributed by atoms with Crippen LogP contribution < -0.4 is 10.1 Å². The van der Waals surface area contributed by atoms with Crippen molar-refractivity contribution in [3.63, 3.8) is 0 Å². The van der Waals surface area contributed by atoms with Crippen molar-refractivity contribution in [2.45, 2.75) is 31.4 Å². The summed E-state index contributed by atoms with van der Waals surface area (Å²) in [4.78, 5) is 14.8. The van der Waals surface area contributed by atoms with Gasteiger partial charge in [0.1, 0.15) is 16.4 Å². The fraction of sp³-hybridized carbons (Fsp3) is 0.318. The van der Waals surface area contributed by atoms with Crippen molar-refractivity contribution in [3.05, 3.63) is 59.1 Å². The Morgan fingerprint density at radius 3 is 2.69 bits per heavy atom. The van der Waals surface area contributed by atoms with Gasteiger partial charge in [0.15, 0.2) is 0 Å². The summed E-state index contributed by atoms with van der Waals surface area (Å²) in [6.07, 6.45) is 1.57. The van der Waals surface area contributed by atoms with Crippen LogP contribution in [0.25, 0.3) is 10.1 Å². The van der Waals surface area contributed by atoms with Crippen molar-refractivity contribution < 1.29 is 14.6 Å². The van der Waals surface area contributed by atoms with Crippen molar-refractivity contribution >= 4 is 44.1 Å². The molecule has 2 amide bonds. The predicted molar refractivity (Wildman–Crippen MR) is 118 cm³/mol. The van der Waals surface area contributed by atoms with Crippen LogP contribution in [0, 0.1) is 0 Å². The summed E-state index contributed by atoms with van der Waals surface area (Å²) in [5.41, 5.74) is -0.424. The van der Waals surface area contributed by atoms with E-state index in [4.69, 9.17) is 16.3 Å². The number of rotatable bonds is 4. The number of fused-ring (bicyclic) bond motifs is 1. The Bertz CT molecular complexity index is 1030. The van der Waals surface area contributed by atoms with Crippen LogP contribution in [0.15, 0.2) is 48.5 Å². The molecule has 4 rings (SSSR count). The van der Waals surface area contributed by atoms with E-state index in [1.165, 1.54) is 11.3 Å². The highest BCUT2D eigenvalue weighted by atomic mass is 35.5. The Kier molecular flexibility index (Phi) is 5.42. The molecular weight excluding hydrogens is 408 g/mol. The molecule has 5 nitrogen and oxygen atoms in total. The topological polar surface area (TPSA) is 61.8 Å². The highest BCUT2D eigenvalue weighted by Crippen LogP contribution is 2.40. The number of methoxy groups -OCH3 is 1. The van der Waals surface area contributed by atoms with E-state index < -0.39 is 5.60 Å². The van der Waals surface area contributed by atoms with E-state index in [1.807, 2.05) is 48.5 Å². The molecule has 2 aromatic carbocycles. The number of halogens is 1. The Balaban J connectivity index is 1.56. The minimum atomic E-state index is -1.18. The average Bonchev–Trinajstić information content (AvgIpc) is 3.34. The molecule has 7 heteroatoms. The first-order valence-corrected chi connectivity index (χ1v) is 10.7. The number of carbonyl (C=O) groups is 1. The number of amides is 2. The van der Waals surface area contributed by atoms with Crippen LogP contribution in [0.2, 0.25) is 5.02 Å². The quantitative estimate of drug-likeness (QED) is 0.577. The number of hydrogen-bond donors (Lipinski definition) is 2. The van der Waals surface area contributed by atoms with Crippen LogP contribution in [0.5, 0.6) is 5.75 Å². The van der Waals surface area contributed by atoms with Gasteiger partial charge in [-0.2, -0.15) is 0 Å². The Morgan fingerprint density at radius 1 is 1.28 bits per heavy atom. The Labute approximate surface area is 178 Å². The molecule has 2 N–H and O–H groups in total. The van der Waals surface area contributed by atoms with E-state index >= 15 is 0 Å². The van der Waals surface area contributed by atoms with Gasteiger partial charge < -0.3 is 14.7 Å². The van der Waals surface area contributed by atoms with Crippen LogP contribution in [0.3, 0.4) is 0 Å². The van der Waals surface area contributed by atoms with Gasteiger partial charge >= 0.3 is 6.03 Å². The van der Waals surface area contributed by atoms with Crippen LogP contribution in [0.4, 0.5) is 9.80 Å². The van der Waals surface area contributed by atoms with Gasteiger partial charge in [0, 0.05) is 16.6 Å². The zero-order valence-corrected chi connectivity index (χ0v) is 17.9. The average molecular weight is 431 g/mol. The molecule has 0 aliphatic carbocycles. The maximum atomic E-state index is 13.1. The smallest absolute Gasteiger partial charge is 0.322 e. The van der Waals surface area contributed by atoms with Gasteiger partial charge in [0.05, 0.1) is 18.2 Å². The second-order valence-corrected chi connectivity index (χ2v) is 8.83. The molecule has 0 unspecified atom stereocenters. The van der Waals surface area contributed by atoms with Gasteiger partial charge in [-0.1, -0.05) is 41.9 Å². The third-order valence-electron chi connectivity index (χ3n) is 5.59. The number of aliphatic hydroxyl groups is 1. The molecule has 1 aromatic heterocycles. The molecule has 2 heterocycles. The molecular formula is C22H23ClN2O3S. The van der Waals surface area contributed by atoms with E-state index in [1.54, 1.807) is 18.9 Å². The fourth-order valence-electron chi connectivity index (χ4n) is 3.98. The van der Waals surface area contributed by atoms with Crippen LogP contribution >= 0.6 is 22.9 Å². The third-order valence-corrected chi connectivity index (χ3v) is 7.18. The predicted octanol–water partition coefficient (Wildman–Crippen LogP) is 5.47. The van der Waals surface area contributed by atoms with Gasteiger partial charge in [-0.05, 0) is 43.5 Å². The van der Waals surface area contributed by atoms with Gasteiger partial charge in [0.2, 0.25) is 0 Å². The van der Waals surface area contributed by atoms with E-state index in [0.717, 1.165) is 34.2 Å². The second-order valence-electron chi connectivity index (χ2n) is 7.40. The van der Waals surface area contributed by atoms with Gasteiger partial charge in [-0.15, -0.1) is 11.3 Å². The summed E-state index contributed by atoms with van der Waals surface area (Å²) in [6.45, 7) is 2.35. The number of urea groups is 1. The maximum Gasteiger partial charge on any atom is 0.322 e. The highest BCUT2D eigenvalue weighted by Gasteiger charge is 2.42. The van der Waals surface area contributed by atoms with Crippen molar-refractivity contribution in [1.29, 1.82) is 0 Å². The summed E-state index contributed by atoms with van der Waals surface area (Å²) in [6, 6.07) is 14.6. The molecule has 1 aliphatic rings. The molecule has 2 atom stereocenters. The molecule has 3 aromatic rings. The lowest BCUT2D eigenvalue weighted by Gasteiger charge is -2.36. The number of thiophene rings is 1. The lowest BCUT2D eigenvalue weighted by Crippen LogP contribution is -2.49. The van der Waals surface area contributed by atoms with E-state index in [9.17, 15) is 9.90 Å². The molecule has 1 saturated heterocycles. The van der Waals surface area contributed by atoms with Gasteiger partial charge in [0.25, 0.3) is 0 Å². The fourth-order valence-corrected chi connectivity index (χ4v) is 5.35. The Hall–Kier alpha value is -2.28. The number of carbonyl (C=O) groups excluding carboxylic acids is 1. The lowest BCUT2D eigenvalue weighted by molar-refractivity contribution is -0.00943. The lowest BCUT2D eigenvalue weighted by atomic mass is 9.86. The summed E-state index contributed by atoms with van der Waals surface area (Å²) in [7, 11) is 1.61. The molecule has 0 radical (unpaired) electrons. The standard InChI is InChI=1S/C22H23ClN2O3S/c1-22(27,14-9-11-15(28-2)12-10-14)18-8-5-13-25(18)21(26)24-20-19(23)16-6-3-4-7-17(16)29-20/h3-4,6-7,9-12,18,27H,5,8,13H2,1-2H3,(H,24,26)/t18-,22+/m1/s1. The first-order valence-electron chi connectivity index (χ1n) is 9.53. The van der Waals surface area contributed by atoms with Crippen molar-refractivity contribution in [2.75, 3.05) is 19.0 Å². The van der Waals surface area contributed by atoms with E-state index in [2.05, 4.69) is 5.32 Å². The number of anilines is 1. The number of benzene rings is 2. The van der Waals surface area contributed by atoms with Crippen molar-refractivity contribution in [1.82, 2.24) is 4.90 Å². The van der Waals surface area contributed by atoms with E-state index in [-0.39, 0.29) is 12.1 Å². The molecule has 152 valence electrons. The minimum absolute atomic E-state index is 0.241. The summed E-state index contributed by atoms with van der Waals surface area (Å²) in [5, 5.41) is 16.4. The molecule has 1 fully saturated rings. The number of hydrogen-bond acceptors (Lipinski definition) is 4. The zero-order valence-electron chi connectivity index (χ0n) is 16.3. The van der Waals surface area contributed by atoms with Crippen molar-refractivity contribution in [2.24, 2.45) is 0 Å². The molecule has 0 spiro atoms. The zero-order chi connectivity index (χ0) is 20.6. The second kappa shape index (κ2) is 7.86. The monoisotopic (exact) mass is 430 g/mol. The minimum Gasteiger partial charge on any atom is -0.497 e. The summed E-state index contributed by atoms with van der Waals surface area (Å²) >= 11 is 7.93. The first kappa shape index (κ1) is 20.0. The van der Waals surface area contributed by atoms with Crippen LogP contribution in [-0.2, 0) is 5.60 Å². The van der Waals surface area contributed by atoms with E-state index in [0.29, 0.717) is 16.6 Å². The maximum absolute atomic E-state index is 13.1. The first-order chi connectivity index (χ1) is 13.9. The number of nitrogens with one attached hydrogen (secondary N) is 1. The SMILES string of the molecule is COc1ccc([C@](C)(O)[C@H]2CCCN2C(=O)Nc2sc3ccccc3c2Cl)cc1. The highest BCUT2D eigenvalue weighted by molar-refractivity contribution is 7.23. The summed E-state index contributed by atoms with van der Waals surface area (Å²) < 4.78 is 6.23. The van der Waals surface area contributed by atoms with Gasteiger partial charge in [-0.25, -0.2) is 4.79 Å². The van der Waals surface area contributed by atoms with Crippen LogP contribution in [0.1, 0.15) is 25.3 Å². The third kappa shape index (κ3) is 3.68. The number of nitrogens with zero attached hydrogens (tertiary/aromatic N) is 1. The Morgan fingerprint density at radius 2 is 2.00 bits per heavy atom. The number of likely N-dealkylation sites (tertiary alicyclic amines) is 1. The molecule has 0 saturated carbocycles. The van der Waals surface area contributed by atoms with Crippen LogP contribution in [-0.4, -0.2) is 35.7 Å². The van der Waals surface area contributed by atoms with Gasteiger partial charge in [-0.3, -0.25) is 5.32 Å². The summed E-state index contributed by atoms with van der Waals surface area (Å²) in [5.74, 6) is 0.727. The van der Waals surface area contributed by atoms with Crippen molar-refractivity contribution in [3.8, 4) is 5.75 Å². The molecule has 29 heavy (non-hydrogen) atoms.